The van der Waals surface area contributed by atoms with E-state index in [1.807, 2.05) is 18.2 Å². The molecule has 9 heteroatoms. The normalized spacial score (nSPS) is 20.5. The predicted octanol–water partition coefficient (Wildman–Crippen LogP) is 2.48. The summed E-state index contributed by atoms with van der Waals surface area (Å²) in [6.07, 6.45) is 0.376. The zero-order valence-electron chi connectivity index (χ0n) is 13.9. The maximum atomic E-state index is 12.6. The Hall–Kier alpha value is -2.13. The van der Waals surface area contributed by atoms with Gasteiger partial charge in [0.05, 0.1) is 17.0 Å². The average Bonchev–Trinajstić information content (AvgIpc) is 2.84. The summed E-state index contributed by atoms with van der Waals surface area (Å²) in [4.78, 5) is 17.0. The number of carbonyl (C=O) groups is 1. The summed E-state index contributed by atoms with van der Waals surface area (Å²) in [6.45, 7) is 1.45. The van der Waals surface area contributed by atoms with Crippen molar-refractivity contribution in [3.63, 3.8) is 0 Å². The monoisotopic (exact) mass is 440 g/mol. The number of pyridine rings is 1. The van der Waals surface area contributed by atoms with Gasteiger partial charge in [-0.2, -0.15) is 0 Å². The lowest BCUT2D eigenvalue weighted by Gasteiger charge is -2.23. The van der Waals surface area contributed by atoms with Crippen LogP contribution < -0.4 is 4.72 Å². The summed E-state index contributed by atoms with van der Waals surface area (Å²) in [5.41, 5.74) is -0.669. The number of ether oxygens (including phenoxy) is 1. The Kier molecular flexibility index (Phi) is 4.94. The second-order valence-corrected chi connectivity index (χ2v) is 8.63. The highest BCUT2D eigenvalue weighted by Gasteiger charge is 2.49. The largest absolute Gasteiger partial charge is 0.501 e. The molecular formula is C17H17BrN2O5S. The van der Waals surface area contributed by atoms with Crippen LogP contribution in [-0.2, 0) is 25.2 Å². The van der Waals surface area contributed by atoms with E-state index in [4.69, 9.17) is 4.74 Å². The molecule has 0 bridgehead atoms. The highest BCUT2D eigenvalue weighted by Crippen LogP contribution is 2.36. The number of carbonyl (C=O) groups excluding carboxylic acids is 1. The number of fused-ring (bicyclic) bond motifs is 1. The summed E-state index contributed by atoms with van der Waals surface area (Å²) in [5.74, 6) is -2.15. The van der Waals surface area contributed by atoms with E-state index >= 15 is 0 Å². The highest BCUT2D eigenvalue weighted by molar-refractivity contribution is 9.09. The minimum absolute atomic E-state index is 0.169. The fourth-order valence-corrected chi connectivity index (χ4v) is 4.33. The Bertz CT molecular complexity index is 1010. The predicted molar refractivity (Wildman–Crippen MR) is 100 cm³/mol. The van der Waals surface area contributed by atoms with Crippen molar-refractivity contribution in [3.8, 4) is 0 Å². The van der Waals surface area contributed by atoms with Gasteiger partial charge in [0.2, 0.25) is 27.3 Å². The van der Waals surface area contributed by atoms with Crippen molar-refractivity contribution in [2.45, 2.75) is 18.9 Å². The van der Waals surface area contributed by atoms with Gasteiger partial charge in [0, 0.05) is 10.7 Å². The third-order valence-corrected chi connectivity index (χ3v) is 5.93. The molecule has 1 aromatic heterocycles. The second-order valence-electron chi connectivity index (χ2n) is 5.99. The van der Waals surface area contributed by atoms with Crippen LogP contribution in [0.3, 0.4) is 0 Å². The molecule has 0 radical (unpaired) electrons. The molecule has 138 valence electrons. The van der Waals surface area contributed by atoms with Gasteiger partial charge in [-0.05, 0) is 25.5 Å². The molecule has 1 unspecified atom stereocenters. The molecule has 3 rings (SSSR count). The number of rotatable bonds is 6. The van der Waals surface area contributed by atoms with E-state index in [1.165, 1.54) is 6.92 Å². The number of hydrogen-bond acceptors (Lipinski definition) is 6. The van der Waals surface area contributed by atoms with Crippen molar-refractivity contribution in [2.24, 2.45) is 0 Å². The quantitative estimate of drug-likeness (QED) is 0.668. The van der Waals surface area contributed by atoms with Gasteiger partial charge in [-0.15, -0.1) is 0 Å². The Morgan fingerprint density at radius 1 is 1.27 bits per heavy atom. The van der Waals surface area contributed by atoms with Crippen LogP contribution in [0.4, 0.5) is 0 Å². The van der Waals surface area contributed by atoms with E-state index in [1.54, 1.807) is 18.2 Å². The van der Waals surface area contributed by atoms with Crippen molar-refractivity contribution in [1.29, 1.82) is 0 Å². The molecule has 1 atom stereocenters. The van der Waals surface area contributed by atoms with E-state index in [2.05, 4.69) is 25.6 Å². The number of aliphatic hydroxyl groups excluding tert-OH is 1. The Morgan fingerprint density at radius 2 is 2.00 bits per heavy atom. The van der Waals surface area contributed by atoms with E-state index in [0.717, 1.165) is 5.39 Å². The molecule has 0 amide bonds. The summed E-state index contributed by atoms with van der Waals surface area (Å²) in [5, 5.41) is 11.5. The van der Waals surface area contributed by atoms with Gasteiger partial charge < -0.3 is 9.84 Å². The molecule has 7 nitrogen and oxygen atoms in total. The highest BCUT2D eigenvalue weighted by atomic mass is 79.9. The molecule has 2 heterocycles. The van der Waals surface area contributed by atoms with Crippen LogP contribution in [0.15, 0.2) is 48.0 Å². The van der Waals surface area contributed by atoms with Gasteiger partial charge in [0.15, 0.2) is 0 Å². The standard InChI is InChI=1S/C17H17BrN2O5S/c1-17(13-8-7-11-5-2-3-6-12(11)19-13)15(22)14(21)16(25-17)20-26(23,24)10-4-9-18/h2-3,5-8,20-21H,4,9-10H2,1H3. The number of hydrogen-bond donors (Lipinski definition) is 2. The van der Waals surface area contributed by atoms with Gasteiger partial charge in [-0.25, -0.2) is 13.4 Å². The van der Waals surface area contributed by atoms with E-state index in [-0.39, 0.29) is 11.4 Å². The van der Waals surface area contributed by atoms with Crippen molar-refractivity contribution in [1.82, 2.24) is 9.71 Å². The van der Waals surface area contributed by atoms with Crippen LogP contribution in [0.5, 0.6) is 0 Å². The first-order valence-electron chi connectivity index (χ1n) is 7.86. The number of halogens is 1. The van der Waals surface area contributed by atoms with Crippen molar-refractivity contribution in [2.75, 3.05) is 11.1 Å². The summed E-state index contributed by atoms with van der Waals surface area (Å²) in [7, 11) is -3.75. The molecule has 1 aliphatic rings. The van der Waals surface area contributed by atoms with Gasteiger partial charge >= 0.3 is 0 Å². The molecule has 0 saturated heterocycles. The molecule has 1 aliphatic heterocycles. The number of aliphatic hydroxyl groups is 1. The maximum Gasteiger partial charge on any atom is 0.252 e. The lowest BCUT2D eigenvalue weighted by molar-refractivity contribution is -0.132. The molecule has 0 spiro atoms. The summed E-state index contributed by atoms with van der Waals surface area (Å²) >= 11 is 3.16. The first-order valence-corrected chi connectivity index (χ1v) is 10.6. The van der Waals surface area contributed by atoms with Gasteiger partial charge in [0.25, 0.3) is 5.78 Å². The zero-order chi connectivity index (χ0) is 18.9. The topological polar surface area (TPSA) is 106 Å². The van der Waals surface area contributed by atoms with Crippen LogP contribution >= 0.6 is 15.9 Å². The van der Waals surface area contributed by atoms with Crippen molar-refractivity contribution < 1.29 is 23.1 Å². The minimum Gasteiger partial charge on any atom is -0.501 e. The Balaban J connectivity index is 1.91. The first kappa shape index (κ1) is 18.7. The smallest absolute Gasteiger partial charge is 0.252 e. The Labute approximate surface area is 159 Å². The average molecular weight is 441 g/mol. The molecule has 2 N–H and O–H groups in total. The second kappa shape index (κ2) is 6.88. The molecule has 2 aromatic rings. The lowest BCUT2D eigenvalue weighted by Crippen LogP contribution is -2.33. The number of alkyl halides is 1. The maximum absolute atomic E-state index is 12.6. The van der Waals surface area contributed by atoms with Crippen molar-refractivity contribution in [3.05, 3.63) is 53.7 Å². The number of Topliss-reactive ketones (excluding diaryl/α,β-unsaturated/α-hetero) is 1. The first-order chi connectivity index (χ1) is 12.3. The molecule has 0 saturated carbocycles. The number of nitrogens with zero attached hydrogens (tertiary/aromatic N) is 1. The Morgan fingerprint density at radius 3 is 2.73 bits per heavy atom. The fraction of sp³-hybridized carbons (Fsp3) is 0.294. The SMILES string of the molecule is CC1(c2ccc3ccccc3n2)OC(NS(=O)(=O)CCCBr)=C(O)C1=O. The van der Waals surface area contributed by atoms with E-state index < -0.39 is 33.0 Å². The van der Waals surface area contributed by atoms with E-state index in [0.29, 0.717) is 17.3 Å². The number of para-hydroxylation sites is 1. The molecule has 0 fully saturated rings. The number of aromatic nitrogens is 1. The van der Waals surface area contributed by atoms with Gasteiger partial charge in [-0.1, -0.05) is 40.2 Å². The number of ketones is 1. The molecular weight excluding hydrogens is 424 g/mol. The number of nitrogens with one attached hydrogen (secondary N) is 1. The van der Waals surface area contributed by atoms with Gasteiger partial charge in [0.1, 0.15) is 0 Å². The van der Waals surface area contributed by atoms with Crippen LogP contribution in [-0.4, -0.2) is 35.4 Å². The van der Waals surface area contributed by atoms with E-state index in [9.17, 15) is 18.3 Å². The summed E-state index contributed by atoms with van der Waals surface area (Å²) in [6, 6.07) is 10.8. The lowest BCUT2D eigenvalue weighted by atomic mass is 9.95. The third-order valence-electron chi connectivity index (χ3n) is 4.05. The number of benzene rings is 1. The van der Waals surface area contributed by atoms with Crippen LogP contribution in [0.1, 0.15) is 19.0 Å². The summed E-state index contributed by atoms with van der Waals surface area (Å²) < 4.78 is 31.8. The van der Waals surface area contributed by atoms with Crippen LogP contribution in [0.2, 0.25) is 0 Å². The molecule has 26 heavy (non-hydrogen) atoms. The zero-order valence-corrected chi connectivity index (χ0v) is 16.3. The fourth-order valence-electron chi connectivity index (χ4n) is 2.63. The van der Waals surface area contributed by atoms with Crippen LogP contribution in [0.25, 0.3) is 10.9 Å². The molecule has 1 aromatic carbocycles. The third kappa shape index (κ3) is 3.41. The molecule has 0 aliphatic carbocycles. The number of sulfonamides is 1. The minimum atomic E-state index is -3.75. The van der Waals surface area contributed by atoms with Gasteiger partial charge in [-0.3, -0.25) is 9.52 Å². The van der Waals surface area contributed by atoms with Crippen LogP contribution in [0, 0.1) is 0 Å². The van der Waals surface area contributed by atoms with Crippen molar-refractivity contribution >= 4 is 42.6 Å².